The molecule has 3 fully saturated rings. The maximum absolute atomic E-state index is 5.46. The van der Waals surface area contributed by atoms with Gasteiger partial charge in [-0.2, -0.15) is 0 Å². The smallest absolute Gasteiger partial charge is 0.138 e. The van der Waals surface area contributed by atoms with Gasteiger partial charge in [-0.25, -0.2) is 0 Å². The van der Waals surface area contributed by atoms with Crippen LogP contribution in [0.2, 0.25) is 0 Å². The first-order chi connectivity index (χ1) is 7.84. The number of hydrogen-bond donors (Lipinski definition) is 0. The van der Waals surface area contributed by atoms with Crippen LogP contribution in [0.4, 0.5) is 0 Å². The molecule has 2 saturated carbocycles. The lowest BCUT2D eigenvalue weighted by Crippen LogP contribution is -2.50. The zero-order valence-electron chi connectivity index (χ0n) is 9.73. The summed E-state index contributed by atoms with van der Waals surface area (Å²) in [5.41, 5.74) is 0. The summed E-state index contributed by atoms with van der Waals surface area (Å²) in [5.74, 6) is 1.13. The van der Waals surface area contributed by atoms with Crippen molar-refractivity contribution >= 4 is 28.3 Å². The van der Waals surface area contributed by atoms with Crippen LogP contribution in [0.5, 0.6) is 0 Å². The molecule has 0 radical (unpaired) electrons. The van der Waals surface area contributed by atoms with Gasteiger partial charge in [-0.05, 0) is 25.7 Å². The minimum Gasteiger partial charge on any atom is -0.341 e. The maximum Gasteiger partial charge on any atom is 0.138 e. The van der Waals surface area contributed by atoms with Crippen molar-refractivity contribution < 1.29 is 0 Å². The minimum atomic E-state index is 0.784. The molecule has 4 heteroatoms. The van der Waals surface area contributed by atoms with Crippen LogP contribution in [0.1, 0.15) is 44.9 Å². The van der Waals surface area contributed by atoms with Crippen LogP contribution in [-0.4, -0.2) is 38.7 Å². The third-order valence-corrected chi connectivity index (χ3v) is 5.53. The molecule has 1 saturated heterocycles. The molecule has 0 amide bonds. The second-order valence-corrected chi connectivity index (χ2v) is 6.84. The first-order valence-electron chi connectivity index (χ1n) is 6.52. The van der Waals surface area contributed by atoms with E-state index in [1.54, 1.807) is 0 Å². The van der Waals surface area contributed by atoms with E-state index in [9.17, 15) is 0 Å². The summed E-state index contributed by atoms with van der Waals surface area (Å²) < 4.78 is 1.15. The monoisotopic (exact) mass is 256 g/mol. The highest BCUT2D eigenvalue weighted by molar-refractivity contribution is 8.22. The molecule has 0 spiro atoms. The quantitative estimate of drug-likeness (QED) is 0.700. The molecule has 2 nitrogen and oxygen atoms in total. The van der Waals surface area contributed by atoms with E-state index in [0.717, 1.165) is 28.9 Å². The molecule has 0 bridgehead atoms. The van der Waals surface area contributed by atoms with Crippen molar-refractivity contribution in [1.82, 2.24) is 9.80 Å². The van der Waals surface area contributed by atoms with E-state index >= 15 is 0 Å². The second kappa shape index (κ2) is 4.83. The highest BCUT2D eigenvalue weighted by Crippen LogP contribution is 2.34. The Kier molecular flexibility index (Phi) is 3.41. The third kappa shape index (κ3) is 2.39. The maximum atomic E-state index is 5.46. The highest BCUT2D eigenvalue weighted by atomic mass is 32.2. The molecule has 0 aromatic carbocycles. The van der Waals surface area contributed by atoms with Gasteiger partial charge < -0.3 is 4.90 Å². The Labute approximate surface area is 108 Å². The standard InChI is InChI=1S/C12H20N2S2/c15-12-14(11-6-7-11)8-13(9-16-12)10-4-2-1-3-5-10/h10-11H,1-9H2. The Morgan fingerprint density at radius 2 is 1.75 bits per heavy atom. The molecule has 0 N–H and O–H groups in total. The van der Waals surface area contributed by atoms with Gasteiger partial charge in [0, 0.05) is 12.1 Å². The van der Waals surface area contributed by atoms with Crippen LogP contribution in [0.3, 0.4) is 0 Å². The number of rotatable bonds is 2. The predicted octanol–water partition coefficient (Wildman–Crippen LogP) is 3.03. The van der Waals surface area contributed by atoms with Gasteiger partial charge in [0.05, 0.1) is 12.5 Å². The number of thioether (sulfide) groups is 1. The molecule has 0 aromatic rings. The van der Waals surface area contributed by atoms with Crippen molar-refractivity contribution in [3.8, 4) is 0 Å². The molecule has 1 heterocycles. The highest BCUT2D eigenvalue weighted by Gasteiger charge is 2.36. The Bertz CT molecular complexity index is 272. The summed E-state index contributed by atoms with van der Waals surface area (Å²) in [6.07, 6.45) is 9.84. The molecule has 1 aliphatic heterocycles. The Balaban J connectivity index is 1.61. The number of thiocarbonyl (C=S) groups is 1. The van der Waals surface area contributed by atoms with Gasteiger partial charge >= 0.3 is 0 Å². The van der Waals surface area contributed by atoms with Crippen LogP contribution in [0.15, 0.2) is 0 Å². The topological polar surface area (TPSA) is 6.48 Å². The number of nitrogens with zero attached hydrogens (tertiary/aromatic N) is 2. The predicted molar refractivity (Wildman–Crippen MR) is 73.5 cm³/mol. The molecular weight excluding hydrogens is 236 g/mol. The van der Waals surface area contributed by atoms with Crippen LogP contribution in [-0.2, 0) is 0 Å². The average Bonchev–Trinajstić information content (AvgIpc) is 3.15. The molecule has 16 heavy (non-hydrogen) atoms. The lowest BCUT2D eigenvalue weighted by Gasteiger charge is -2.42. The Morgan fingerprint density at radius 3 is 2.44 bits per heavy atom. The fourth-order valence-corrected chi connectivity index (χ4v) is 4.14. The first kappa shape index (κ1) is 11.3. The lowest BCUT2D eigenvalue weighted by atomic mass is 9.95. The largest absolute Gasteiger partial charge is 0.341 e. The van der Waals surface area contributed by atoms with Crippen LogP contribution in [0, 0.1) is 0 Å². The van der Waals surface area contributed by atoms with Crippen molar-refractivity contribution in [2.24, 2.45) is 0 Å². The van der Waals surface area contributed by atoms with E-state index in [1.807, 2.05) is 11.8 Å². The van der Waals surface area contributed by atoms with Crippen LogP contribution in [0.25, 0.3) is 0 Å². The van der Waals surface area contributed by atoms with Gasteiger partial charge in [0.1, 0.15) is 4.32 Å². The van der Waals surface area contributed by atoms with E-state index in [-0.39, 0.29) is 0 Å². The lowest BCUT2D eigenvalue weighted by molar-refractivity contribution is 0.124. The van der Waals surface area contributed by atoms with E-state index in [4.69, 9.17) is 12.2 Å². The zero-order valence-corrected chi connectivity index (χ0v) is 11.4. The van der Waals surface area contributed by atoms with Crippen molar-refractivity contribution in [3.63, 3.8) is 0 Å². The van der Waals surface area contributed by atoms with Gasteiger partial charge in [-0.15, -0.1) is 0 Å². The van der Waals surface area contributed by atoms with Gasteiger partial charge in [0.2, 0.25) is 0 Å². The molecule has 0 unspecified atom stereocenters. The van der Waals surface area contributed by atoms with Crippen molar-refractivity contribution in [3.05, 3.63) is 0 Å². The normalized spacial score (nSPS) is 29.8. The van der Waals surface area contributed by atoms with Gasteiger partial charge in [0.25, 0.3) is 0 Å². The van der Waals surface area contributed by atoms with E-state index in [0.29, 0.717) is 0 Å². The molecular formula is C12H20N2S2. The summed E-state index contributed by atoms with van der Waals surface area (Å²) in [5, 5.41) is 0. The Hall–Kier alpha value is 0.200. The fraction of sp³-hybridized carbons (Fsp3) is 0.917. The first-order valence-corrected chi connectivity index (χ1v) is 7.91. The summed E-state index contributed by atoms with van der Waals surface area (Å²) in [6.45, 7) is 1.11. The van der Waals surface area contributed by atoms with Crippen molar-refractivity contribution in [2.45, 2.75) is 57.0 Å². The van der Waals surface area contributed by atoms with Crippen LogP contribution >= 0.6 is 24.0 Å². The Morgan fingerprint density at radius 1 is 1.00 bits per heavy atom. The zero-order chi connectivity index (χ0) is 11.0. The average molecular weight is 256 g/mol. The van der Waals surface area contributed by atoms with E-state index in [2.05, 4.69) is 9.80 Å². The third-order valence-electron chi connectivity index (χ3n) is 4.00. The molecule has 3 aliphatic rings. The molecule has 3 rings (SSSR count). The summed E-state index contributed by atoms with van der Waals surface area (Å²) >= 11 is 7.34. The van der Waals surface area contributed by atoms with E-state index in [1.165, 1.54) is 44.9 Å². The van der Waals surface area contributed by atoms with Gasteiger partial charge in [-0.3, -0.25) is 4.90 Å². The fourth-order valence-electron chi connectivity index (χ4n) is 2.83. The minimum absolute atomic E-state index is 0.784. The molecule has 90 valence electrons. The number of hydrogen-bond acceptors (Lipinski definition) is 3. The summed E-state index contributed by atoms with van der Waals surface area (Å²) in [7, 11) is 0. The SMILES string of the molecule is S=C1SCN(C2CCCCC2)CN1C1CC1. The second-order valence-electron chi connectivity index (χ2n) is 5.26. The van der Waals surface area contributed by atoms with E-state index < -0.39 is 0 Å². The summed E-state index contributed by atoms with van der Waals surface area (Å²) in [4.78, 5) is 5.13. The molecule has 2 aliphatic carbocycles. The van der Waals surface area contributed by atoms with Gasteiger partial charge in [0.15, 0.2) is 0 Å². The summed E-state index contributed by atoms with van der Waals surface area (Å²) in [6, 6.07) is 1.62. The van der Waals surface area contributed by atoms with Crippen LogP contribution < -0.4 is 0 Å². The van der Waals surface area contributed by atoms with Crippen molar-refractivity contribution in [1.29, 1.82) is 0 Å². The molecule has 0 atom stereocenters. The van der Waals surface area contributed by atoms with Gasteiger partial charge in [-0.1, -0.05) is 43.2 Å². The van der Waals surface area contributed by atoms with Crippen molar-refractivity contribution in [2.75, 3.05) is 12.5 Å². The molecule has 0 aromatic heterocycles.